The molecule has 0 heterocycles. The van der Waals surface area contributed by atoms with Crippen LogP contribution in [0.15, 0.2) is 30.3 Å². The third-order valence-corrected chi connectivity index (χ3v) is 4.42. The molecule has 2 amide bonds. The van der Waals surface area contributed by atoms with Crippen LogP contribution < -0.4 is 10.6 Å². The van der Waals surface area contributed by atoms with Gasteiger partial charge >= 0.3 is 0 Å². The van der Waals surface area contributed by atoms with Gasteiger partial charge in [-0.3, -0.25) is 9.59 Å². The lowest BCUT2D eigenvalue weighted by molar-refractivity contribution is -0.127. The minimum atomic E-state index is -1.13. The third kappa shape index (κ3) is 5.67. The summed E-state index contributed by atoms with van der Waals surface area (Å²) in [7, 11) is 0. The molecule has 0 saturated heterocycles. The van der Waals surface area contributed by atoms with Crippen LogP contribution in [0.4, 0.5) is 0 Å². The van der Waals surface area contributed by atoms with Crippen molar-refractivity contribution in [2.24, 2.45) is 5.92 Å². The summed E-state index contributed by atoms with van der Waals surface area (Å²) < 4.78 is 0. The largest absolute Gasteiger partial charge is 0.384 e. The molecule has 1 aliphatic carbocycles. The van der Waals surface area contributed by atoms with Gasteiger partial charge in [0.05, 0.1) is 13.1 Å². The van der Waals surface area contributed by atoms with Crippen molar-refractivity contribution in [3.05, 3.63) is 35.9 Å². The minimum absolute atomic E-state index is 0.0452. The molecule has 126 valence electrons. The van der Waals surface area contributed by atoms with E-state index in [4.69, 9.17) is 0 Å². The highest BCUT2D eigenvalue weighted by atomic mass is 16.3. The van der Waals surface area contributed by atoms with Gasteiger partial charge in [-0.15, -0.1) is 0 Å². The second kappa shape index (κ2) is 8.11. The maximum absolute atomic E-state index is 11.8. The van der Waals surface area contributed by atoms with Gasteiger partial charge in [0.2, 0.25) is 11.8 Å². The molecule has 5 heteroatoms. The molecule has 1 saturated carbocycles. The van der Waals surface area contributed by atoms with Gasteiger partial charge in [0, 0.05) is 6.42 Å². The minimum Gasteiger partial charge on any atom is -0.384 e. The third-order valence-electron chi connectivity index (χ3n) is 4.42. The van der Waals surface area contributed by atoms with Crippen LogP contribution in [-0.2, 0) is 15.2 Å². The molecule has 1 unspecified atom stereocenters. The number of aliphatic hydroxyl groups is 1. The van der Waals surface area contributed by atoms with Crippen molar-refractivity contribution in [2.75, 3.05) is 13.1 Å². The van der Waals surface area contributed by atoms with Gasteiger partial charge in [0.15, 0.2) is 0 Å². The van der Waals surface area contributed by atoms with E-state index in [1.165, 1.54) is 12.8 Å². The maximum Gasteiger partial charge on any atom is 0.239 e. The van der Waals surface area contributed by atoms with E-state index in [2.05, 4.69) is 10.6 Å². The first-order valence-electron chi connectivity index (χ1n) is 8.29. The first kappa shape index (κ1) is 17.5. The number of carbonyl (C=O) groups is 2. The molecule has 0 aromatic heterocycles. The molecular formula is C18H26N2O3. The predicted octanol–water partition coefficient (Wildman–Crippen LogP) is 1.71. The summed E-state index contributed by atoms with van der Waals surface area (Å²) >= 11 is 0. The second-order valence-electron chi connectivity index (χ2n) is 6.55. The highest BCUT2D eigenvalue weighted by Crippen LogP contribution is 2.27. The maximum atomic E-state index is 11.8. The zero-order valence-corrected chi connectivity index (χ0v) is 13.7. The van der Waals surface area contributed by atoms with Gasteiger partial charge in [-0.25, -0.2) is 0 Å². The molecule has 0 bridgehead atoms. The fourth-order valence-electron chi connectivity index (χ4n) is 2.96. The summed E-state index contributed by atoms with van der Waals surface area (Å²) in [5.74, 6) is 0.111. The fourth-order valence-corrected chi connectivity index (χ4v) is 2.96. The molecule has 1 fully saturated rings. The Hall–Kier alpha value is -1.88. The van der Waals surface area contributed by atoms with Gasteiger partial charge in [0.1, 0.15) is 5.60 Å². The van der Waals surface area contributed by atoms with Gasteiger partial charge in [0.25, 0.3) is 0 Å². The Bertz CT molecular complexity index is 522. The lowest BCUT2D eigenvalue weighted by Gasteiger charge is -2.24. The molecule has 23 heavy (non-hydrogen) atoms. The van der Waals surface area contributed by atoms with E-state index >= 15 is 0 Å². The Balaban J connectivity index is 1.69. The smallest absolute Gasteiger partial charge is 0.239 e. The number of nitrogens with one attached hydrogen (secondary N) is 2. The molecule has 1 atom stereocenters. The average molecular weight is 318 g/mol. The Morgan fingerprint density at radius 1 is 1.13 bits per heavy atom. The number of rotatable bonds is 7. The monoisotopic (exact) mass is 318 g/mol. The van der Waals surface area contributed by atoms with Crippen LogP contribution in [0.3, 0.4) is 0 Å². The highest BCUT2D eigenvalue weighted by molar-refractivity contribution is 5.84. The van der Waals surface area contributed by atoms with E-state index in [9.17, 15) is 14.7 Å². The van der Waals surface area contributed by atoms with Crippen molar-refractivity contribution < 1.29 is 14.7 Å². The van der Waals surface area contributed by atoms with E-state index in [-0.39, 0.29) is 24.9 Å². The molecule has 0 spiro atoms. The van der Waals surface area contributed by atoms with Crippen molar-refractivity contribution in [1.29, 1.82) is 0 Å². The van der Waals surface area contributed by atoms with Gasteiger partial charge < -0.3 is 15.7 Å². The van der Waals surface area contributed by atoms with E-state index in [0.717, 1.165) is 18.4 Å². The first-order valence-corrected chi connectivity index (χ1v) is 8.29. The molecule has 1 aromatic carbocycles. The van der Waals surface area contributed by atoms with Gasteiger partial charge in [-0.2, -0.15) is 0 Å². The molecular weight excluding hydrogens is 292 g/mol. The predicted molar refractivity (Wildman–Crippen MR) is 88.6 cm³/mol. The molecule has 0 aliphatic heterocycles. The lowest BCUT2D eigenvalue weighted by atomic mass is 9.96. The SMILES string of the molecule is CC(O)(CNC(=O)CNC(=O)CC1CCCC1)c1ccccc1. The van der Waals surface area contributed by atoms with Gasteiger partial charge in [-0.05, 0) is 31.2 Å². The summed E-state index contributed by atoms with van der Waals surface area (Å²) in [6, 6.07) is 9.19. The summed E-state index contributed by atoms with van der Waals surface area (Å²) in [4.78, 5) is 23.6. The van der Waals surface area contributed by atoms with Crippen LogP contribution in [0, 0.1) is 5.92 Å². The Morgan fingerprint density at radius 3 is 2.43 bits per heavy atom. The average Bonchev–Trinajstić information content (AvgIpc) is 3.05. The number of carbonyl (C=O) groups excluding carboxylic acids is 2. The number of hydrogen-bond donors (Lipinski definition) is 3. The first-order chi connectivity index (χ1) is 11.0. The summed E-state index contributed by atoms with van der Waals surface area (Å²) in [5, 5.41) is 15.7. The van der Waals surface area contributed by atoms with Crippen molar-refractivity contribution in [1.82, 2.24) is 10.6 Å². The van der Waals surface area contributed by atoms with E-state index in [1.807, 2.05) is 30.3 Å². The number of hydrogen-bond acceptors (Lipinski definition) is 3. The van der Waals surface area contributed by atoms with Crippen LogP contribution in [0.1, 0.15) is 44.6 Å². The molecule has 1 aromatic rings. The summed E-state index contributed by atoms with van der Waals surface area (Å²) in [5.41, 5.74) is -0.393. The van der Waals surface area contributed by atoms with E-state index in [1.54, 1.807) is 6.92 Å². The normalized spacial score (nSPS) is 17.5. The van der Waals surface area contributed by atoms with Gasteiger partial charge in [-0.1, -0.05) is 43.2 Å². The Labute approximate surface area is 137 Å². The van der Waals surface area contributed by atoms with Crippen LogP contribution in [0.2, 0.25) is 0 Å². The zero-order valence-electron chi connectivity index (χ0n) is 13.7. The lowest BCUT2D eigenvalue weighted by Crippen LogP contribution is -2.43. The van der Waals surface area contributed by atoms with Crippen molar-refractivity contribution in [2.45, 2.75) is 44.6 Å². The van der Waals surface area contributed by atoms with Crippen LogP contribution in [-0.4, -0.2) is 30.0 Å². The standard InChI is InChI=1S/C18H26N2O3/c1-18(23,15-9-3-2-4-10-15)13-20-17(22)12-19-16(21)11-14-7-5-6-8-14/h2-4,9-10,14,23H,5-8,11-13H2,1H3,(H,19,21)(H,20,22). The number of amides is 2. The van der Waals surface area contributed by atoms with Crippen molar-refractivity contribution in [3.8, 4) is 0 Å². The summed E-state index contributed by atoms with van der Waals surface area (Å²) in [6.07, 6.45) is 5.13. The number of benzene rings is 1. The fraction of sp³-hybridized carbons (Fsp3) is 0.556. The topological polar surface area (TPSA) is 78.4 Å². The van der Waals surface area contributed by atoms with Crippen molar-refractivity contribution in [3.63, 3.8) is 0 Å². The highest BCUT2D eigenvalue weighted by Gasteiger charge is 2.23. The van der Waals surface area contributed by atoms with E-state index < -0.39 is 5.60 Å². The molecule has 0 radical (unpaired) electrons. The quantitative estimate of drug-likeness (QED) is 0.716. The molecule has 3 N–H and O–H groups in total. The van der Waals surface area contributed by atoms with E-state index in [0.29, 0.717) is 12.3 Å². The molecule has 1 aliphatic rings. The Morgan fingerprint density at radius 2 is 1.78 bits per heavy atom. The summed E-state index contributed by atoms with van der Waals surface area (Å²) in [6.45, 7) is 1.71. The zero-order chi connectivity index (χ0) is 16.7. The van der Waals surface area contributed by atoms with Crippen LogP contribution in [0.5, 0.6) is 0 Å². The van der Waals surface area contributed by atoms with Crippen LogP contribution in [0.25, 0.3) is 0 Å². The molecule has 5 nitrogen and oxygen atoms in total. The molecule has 2 rings (SSSR count). The van der Waals surface area contributed by atoms with Crippen molar-refractivity contribution >= 4 is 11.8 Å². The second-order valence-corrected chi connectivity index (χ2v) is 6.55. The van der Waals surface area contributed by atoms with Crippen LogP contribution >= 0.6 is 0 Å². The Kier molecular flexibility index (Phi) is 6.16.